The predicted octanol–water partition coefficient (Wildman–Crippen LogP) is 0.294. The monoisotopic (exact) mass is 170 g/mol. The highest BCUT2D eigenvalue weighted by Gasteiger charge is 2.00. The molecule has 0 bridgehead atoms. The van der Waals surface area contributed by atoms with Gasteiger partial charge in [-0.3, -0.25) is 0 Å². The Morgan fingerprint density at radius 2 is 1.42 bits per heavy atom. The lowest BCUT2D eigenvalue weighted by Crippen LogP contribution is -2.25. The zero-order chi connectivity index (χ0) is 9.72. The van der Waals surface area contributed by atoms with Crippen molar-refractivity contribution in [1.82, 2.24) is 9.80 Å². The number of allylic oxidation sites excluding steroid dienone is 1. The van der Waals surface area contributed by atoms with Crippen molar-refractivity contribution in [1.29, 1.82) is 0 Å². The Balaban J connectivity index is 4.51. The van der Waals surface area contributed by atoms with Gasteiger partial charge < -0.3 is 9.80 Å². The zero-order valence-electron chi connectivity index (χ0n) is 9.00. The quantitative estimate of drug-likeness (QED) is 0.445. The van der Waals surface area contributed by atoms with E-state index in [-0.39, 0.29) is 0 Å². The first-order valence-corrected chi connectivity index (χ1v) is 4.01. The van der Waals surface area contributed by atoms with Crippen LogP contribution in [0.25, 0.3) is 0 Å². The van der Waals surface area contributed by atoms with Crippen LogP contribution in [0.15, 0.2) is 11.9 Å². The van der Waals surface area contributed by atoms with Gasteiger partial charge in [0.15, 0.2) is 6.21 Å². The number of hydrogen-bond acceptors (Lipinski definition) is 2. The SMILES string of the molecule is CN(C)C(=CC=[N+](C)C)N(C)C. The van der Waals surface area contributed by atoms with Gasteiger partial charge in [0.2, 0.25) is 0 Å². The summed E-state index contributed by atoms with van der Waals surface area (Å²) >= 11 is 0. The van der Waals surface area contributed by atoms with Crippen molar-refractivity contribution < 1.29 is 4.58 Å². The molecule has 0 heterocycles. The minimum absolute atomic E-state index is 1.18. The van der Waals surface area contributed by atoms with Gasteiger partial charge in [0.05, 0.1) is 0 Å². The summed E-state index contributed by atoms with van der Waals surface area (Å²) in [5.74, 6) is 1.18. The molecule has 0 N–H and O–H groups in total. The van der Waals surface area contributed by atoms with Crippen LogP contribution >= 0.6 is 0 Å². The van der Waals surface area contributed by atoms with Crippen LogP contribution in [-0.4, -0.2) is 62.9 Å². The van der Waals surface area contributed by atoms with Gasteiger partial charge in [0.25, 0.3) is 0 Å². The Morgan fingerprint density at radius 3 is 1.67 bits per heavy atom. The second-order valence-electron chi connectivity index (χ2n) is 3.43. The average Bonchev–Trinajstić information content (AvgIpc) is 1.84. The second kappa shape index (κ2) is 4.80. The molecule has 0 saturated carbocycles. The smallest absolute Gasteiger partial charge is 0.166 e. The van der Waals surface area contributed by atoms with E-state index in [0.29, 0.717) is 0 Å². The molecule has 0 amide bonds. The van der Waals surface area contributed by atoms with Gasteiger partial charge in [-0.2, -0.15) is 0 Å². The van der Waals surface area contributed by atoms with E-state index >= 15 is 0 Å². The van der Waals surface area contributed by atoms with Gasteiger partial charge >= 0.3 is 0 Å². The van der Waals surface area contributed by atoms with Crippen LogP contribution < -0.4 is 0 Å². The zero-order valence-corrected chi connectivity index (χ0v) is 9.00. The minimum Gasteiger partial charge on any atom is -0.364 e. The van der Waals surface area contributed by atoms with Crippen LogP contribution in [0.5, 0.6) is 0 Å². The van der Waals surface area contributed by atoms with E-state index in [4.69, 9.17) is 0 Å². The van der Waals surface area contributed by atoms with Gasteiger partial charge in [-0.25, -0.2) is 4.58 Å². The summed E-state index contributed by atoms with van der Waals surface area (Å²) in [6.45, 7) is 0. The predicted molar refractivity (Wildman–Crippen MR) is 53.6 cm³/mol. The summed E-state index contributed by atoms with van der Waals surface area (Å²) in [4.78, 5) is 4.17. The first-order chi connectivity index (χ1) is 5.45. The van der Waals surface area contributed by atoms with E-state index in [1.54, 1.807) is 0 Å². The van der Waals surface area contributed by atoms with Crippen LogP contribution in [-0.2, 0) is 0 Å². The van der Waals surface area contributed by atoms with E-state index < -0.39 is 0 Å². The molecule has 0 aliphatic carbocycles. The maximum atomic E-state index is 2.08. The molecule has 0 atom stereocenters. The summed E-state index contributed by atoms with van der Waals surface area (Å²) in [6, 6.07) is 0. The second-order valence-corrected chi connectivity index (χ2v) is 3.43. The highest BCUT2D eigenvalue weighted by Crippen LogP contribution is 1.99. The Morgan fingerprint density at radius 1 is 1.00 bits per heavy atom. The highest BCUT2D eigenvalue weighted by atomic mass is 15.3. The van der Waals surface area contributed by atoms with Crippen LogP contribution in [0.4, 0.5) is 0 Å². The first kappa shape index (κ1) is 11.0. The molecule has 0 aromatic rings. The van der Waals surface area contributed by atoms with Crippen molar-refractivity contribution in [3.8, 4) is 0 Å². The molecule has 3 nitrogen and oxygen atoms in total. The summed E-state index contributed by atoms with van der Waals surface area (Å²) in [5, 5.41) is 0. The standard InChI is InChI=1S/C9H20N3/c1-10(2)8-7-9(11(3)4)12(5)6/h7-8H,1-6H3/q+1. The fourth-order valence-corrected chi connectivity index (χ4v) is 0.914. The van der Waals surface area contributed by atoms with E-state index in [0.717, 1.165) is 0 Å². The molecule has 0 spiro atoms. The molecule has 70 valence electrons. The van der Waals surface area contributed by atoms with Crippen molar-refractivity contribution in [3.63, 3.8) is 0 Å². The van der Waals surface area contributed by atoms with Crippen LogP contribution in [0.2, 0.25) is 0 Å². The van der Waals surface area contributed by atoms with Crippen molar-refractivity contribution in [2.24, 2.45) is 0 Å². The molecular weight excluding hydrogens is 150 g/mol. The van der Waals surface area contributed by atoms with E-state index in [2.05, 4.69) is 15.9 Å². The number of rotatable bonds is 3. The summed E-state index contributed by atoms with van der Waals surface area (Å²) in [7, 11) is 12.2. The van der Waals surface area contributed by atoms with Crippen LogP contribution in [0.1, 0.15) is 0 Å². The Kier molecular flexibility index (Phi) is 4.40. The minimum atomic E-state index is 1.18. The summed E-state index contributed by atoms with van der Waals surface area (Å²) < 4.78 is 2.02. The Labute approximate surface area is 75.6 Å². The maximum absolute atomic E-state index is 2.08. The van der Waals surface area contributed by atoms with Crippen molar-refractivity contribution >= 4 is 6.21 Å². The summed E-state index contributed by atoms with van der Waals surface area (Å²) in [6.07, 6.45) is 4.12. The van der Waals surface area contributed by atoms with E-state index in [1.165, 1.54) is 5.82 Å². The van der Waals surface area contributed by atoms with E-state index in [1.807, 2.05) is 53.1 Å². The third-order valence-electron chi connectivity index (χ3n) is 1.44. The van der Waals surface area contributed by atoms with Crippen molar-refractivity contribution in [3.05, 3.63) is 11.9 Å². The number of hydrogen-bond donors (Lipinski definition) is 0. The van der Waals surface area contributed by atoms with Crippen LogP contribution in [0.3, 0.4) is 0 Å². The van der Waals surface area contributed by atoms with Crippen molar-refractivity contribution in [2.45, 2.75) is 0 Å². The molecule has 0 aliphatic rings. The molecule has 0 saturated heterocycles. The normalized spacial score (nSPS) is 8.83. The molecule has 0 radical (unpaired) electrons. The molecular formula is C9H20N3+. The molecule has 0 aromatic carbocycles. The van der Waals surface area contributed by atoms with Gasteiger partial charge in [0, 0.05) is 34.3 Å². The highest BCUT2D eigenvalue weighted by molar-refractivity contribution is 5.66. The van der Waals surface area contributed by atoms with Gasteiger partial charge in [0.1, 0.15) is 19.9 Å². The third kappa shape index (κ3) is 4.01. The molecule has 3 heteroatoms. The third-order valence-corrected chi connectivity index (χ3v) is 1.44. The molecule has 0 unspecified atom stereocenters. The lowest BCUT2D eigenvalue weighted by molar-refractivity contribution is -0.458. The molecule has 0 rings (SSSR count). The lowest BCUT2D eigenvalue weighted by Gasteiger charge is -2.23. The average molecular weight is 170 g/mol. The molecule has 0 aliphatic heterocycles. The fraction of sp³-hybridized carbons (Fsp3) is 0.667. The van der Waals surface area contributed by atoms with Gasteiger partial charge in [-0.15, -0.1) is 0 Å². The molecule has 0 aromatic heterocycles. The van der Waals surface area contributed by atoms with E-state index in [9.17, 15) is 0 Å². The van der Waals surface area contributed by atoms with Gasteiger partial charge in [-0.1, -0.05) is 0 Å². The Hall–Kier alpha value is -0.990. The molecule has 0 fully saturated rings. The topological polar surface area (TPSA) is 9.49 Å². The fourth-order valence-electron chi connectivity index (χ4n) is 0.914. The first-order valence-electron chi connectivity index (χ1n) is 4.01. The lowest BCUT2D eigenvalue weighted by atomic mass is 10.5. The summed E-state index contributed by atoms with van der Waals surface area (Å²) in [5.41, 5.74) is 0. The van der Waals surface area contributed by atoms with Crippen molar-refractivity contribution in [2.75, 3.05) is 42.3 Å². The van der Waals surface area contributed by atoms with Crippen LogP contribution in [0, 0.1) is 0 Å². The number of nitrogens with zero attached hydrogens (tertiary/aromatic N) is 3. The molecule has 12 heavy (non-hydrogen) atoms. The maximum Gasteiger partial charge on any atom is 0.166 e. The largest absolute Gasteiger partial charge is 0.364 e. The Bertz CT molecular complexity index is 176. The van der Waals surface area contributed by atoms with Gasteiger partial charge in [-0.05, 0) is 0 Å².